The predicted octanol–water partition coefficient (Wildman–Crippen LogP) is 7.37. The van der Waals surface area contributed by atoms with Crippen molar-refractivity contribution in [3.05, 3.63) is 89.5 Å². The van der Waals surface area contributed by atoms with E-state index in [1.54, 1.807) is 6.08 Å². The molecule has 0 spiro atoms. The molecule has 3 aromatic rings. The van der Waals surface area contributed by atoms with Gasteiger partial charge in [0.05, 0.1) is 24.3 Å². The van der Waals surface area contributed by atoms with Gasteiger partial charge in [-0.15, -0.1) is 0 Å². The first-order valence-corrected chi connectivity index (χ1v) is 14.4. The van der Waals surface area contributed by atoms with Crippen LogP contribution in [-0.2, 0) is 20.9 Å². The number of hydrogen-bond donors (Lipinski definition) is 0. The van der Waals surface area contributed by atoms with Gasteiger partial charge in [-0.05, 0) is 85.4 Å². The van der Waals surface area contributed by atoms with Crippen LogP contribution in [0.3, 0.4) is 0 Å². The first kappa shape index (κ1) is 29.6. The highest BCUT2D eigenvalue weighted by Crippen LogP contribution is 2.31. The molecule has 41 heavy (non-hydrogen) atoms. The number of carbonyl (C=O) groups excluding carboxylic acids is 2. The van der Waals surface area contributed by atoms with Crippen molar-refractivity contribution in [1.29, 1.82) is 5.26 Å². The lowest BCUT2D eigenvalue weighted by atomic mass is 9.88. The summed E-state index contributed by atoms with van der Waals surface area (Å²) in [6, 6.07) is 24.0. The van der Waals surface area contributed by atoms with Gasteiger partial charge in [-0.2, -0.15) is 5.26 Å². The highest BCUT2D eigenvalue weighted by Gasteiger charge is 2.27. The molecule has 0 aromatic heterocycles. The van der Waals surface area contributed by atoms with Gasteiger partial charge in [-0.1, -0.05) is 55.7 Å². The van der Waals surface area contributed by atoms with E-state index in [4.69, 9.17) is 4.74 Å². The van der Waals surface area contributed by atoms with Crippen molar-refractivity contribution < 1.29 is 14.3 Å². The van der Waals surface area contributed by atoms with Gasteiger partial charge in [0.25, 0.3) is 0 Å². The van der Waals surface area contributed by atoms with Crippen LogP contribution in [0.2, 0.25) is 0 Å². The van der Waals surface area contributed by atoms with Crippen molar-refractivity contribution in [2.75, 3.05) is 23.9 Å². The fourth-order valence-electron chi connectivity index (χ4n) is 5.25. The maximum absolute atomic E-state index is 13.9. The van der Waals surface area contributed by atoms with Crippen LogP contribution in [0.4, 0.5) is 11.4 Å². The summed E-state index contributed by atoms with van der Waals surface area (Å²) >= 11 is 0. The molecule has 6 heteroatoms. The van der Waals surface area contributed by atoms with E-state index in [1.807, 2.05) is 104 Å². The summed E-state index contributed by atoms with van der Waals surface area (Å²) in [5.74, 6) is -0.318. The maximum atomic E-state index is 13.9. The third-order valence-corrected chi connectivity index (χ3v) is 7.41. The molecule has 1 fully saturated rings. The minimum Gasteiger partial charge on any atom is -0.460 e. The summed E-state index contributed by atoms with van der Waals surface area (Å²) < 4.78 is 5.21. The molecule has 0 unspecified atom stereocenters. The summed E-state index contributed by atoms with van der Waals surface area (Å²) in [5.41, 5.74) is 5.97. The summed E-state index contributed by atoms with van der Waals surface area (Å²) in [6.07, 6.45) is 8.00. The Morgan fingerprint density at radius 2 is 1.71 bits per heavy atom. The first-order valence-electron chi connectivity index (χ1n) is 14.4. The minimum absolute atomic E-state index is 0.0195. The summed E-state index contributed by atoms with van der Waals surface area (Å²) in [7, 11) is 4.00. The van der Waals surface area contributed by atoms with Crippen LogP contribution in [-0.4, -0.2) is 32.1 Å². The summed E-state index contributed by atoms with van der Waals surface area (Å²) in [4.78, 5) is 29.8. The number of nitriles is 1. The molecule has 0 radical (unpaired) electrons. The molecule has 0 bridgehead atoms. The lowest BCUT2D eigenvalue weighted by Crippen LogP contribution is -2.36. The van der Waals surface area contributed by atoms with Crippen LogP contribution in [0.25, 0.3) is 17.2 Å². The predicted molar refractivity (Wildman–Crippen MR) is 165 cm³/mol. The topological polar surface area (TPSA) is 73.6 Å². The van der Waals surface area contributed by atoms with Gasteiger partial charge >= 0.3 is 5.97 Å². The van der Waals surface area contributed by atoms with Crippen LogP contribution in [0, 0.1) is 17.2 Å². The highest BCUT2D eigenvalue weighted by molar-refractivity contribution is 5.95. The largest absolute Gasteiger partial charge is 0.460 e. The van der Waals surface area contributed by atoms with E-state index in [0.29, 0.717) is 12.1 Å². The Kier molecular flexibility index (Phi) is 9.97. The van der Waals surface area contributed by atoms with E-state index >= 15 is 0 Å². The zero-order valence-corrected chi connectivity index (χ0v) is 24.5. The number of carbonyl (C=O) groups is 2. The summed E-state index contributed by atoms with van der Waals surface area (Å²) in [5, 5.41) is 10.0. The van der Waals surface area contributed by atoms with E-state index in [1.165, 1.54) is 12.5 Å². The highest BCUT2D eigenvalue weighted by atomic mass is 16.5. The Morgan fingerprint density at radius 3 is 2.37 bits per heavy atom. The number of esters is 1. The summed E-state index contributed by atoms with van der Waals surface area (Å²) in [6.45, 7) is 3.98. The molecule has 1 saturated carbocycles. The van der Waals surface area contributed by atoms with Crippen molar-refractivity contribution in [2.45, 2.75) is 58.6 Å². The average Bonchev–Trinajstić information content (AvgIpc) is 2.98. The second kappa shape index (κ2) is 13.8. The van der Waals surface area contributed by atoms with E-state index < -0.39 is 5.97 Å². The van der Waals surface area contributed by atoms with Crippen molar-refractivity contribution in [3.63, 3.8) is 0 Å². The van der Waals surface area contributed by atoms with Gasteiger partial charge in [0.2, 0.25) is 5.91 Å². The second-order valence-corrected chi connectivity index (χ2v) is 11.1. The smallest absolute Gasteiger partial charge is 0.331 e. The molecule has 0 saturated heterocycles. The SMILES string of the molecule is CC(C)OC(=O)/C=C/c1cccc(N(Cc2ccc(-c3ccc(N(C)C)cc3)c(C#N)c2)C(=O)C2CCCCC2)c1. The van der Waals surface area contributed by atoms with Gasteiger partial charge in [0.1, 0.15) is 0 Å². The van der Waals surface area contributed by atoms with Gasteiger partial charge in [-0.3, -0.25) is 4.79 Å². The number of hydrogen-bond acceptors (Lipinski definition) is 5. The van der Waals surface area contributed by atoms with Crippen molar-refractivity contribution in [3.8, 4) is 17.2 Å². The van der Waals surface area contributed by atoms with E-state index in [2.05, 4.69) is 6.07 Å². The number of nitrogens with zero attached hydrogens (tertiary/aromatic N) is 3. The van der Waals surface area contributed by atoms with E-state index in [0.717, 1.165) is 59.3 Å². The molecular formula is C35H39N3O3. The number of amides is 1. The van der Waals surface area contributed by atoms with Crippen LogP contribution in [0.15, 0.2) is 72.8 Å². The number of anilines is 2. The Morgan fingerprint density at radius 1 is 0.976 bits per heavy atom. The van der Waals surface area contributed by atoms with E-state index in [-0.39, 0.29) is 17.9 Å². The van der Waals surface area contributed by atoms with Crippen molar-refractivity contribution in [2.24, 2.45) is 5.92 Å². The quantitative estimate of drug-likeness (QED) is 0.206. The van der Waals surface area contributed by atoms with Crippen molar-refractivity contribution >= 4 is 29.3 Å². The van der Waals surface area contributed by atoms with Gasteiger partial charge in [0.15, 0.2) is 0 Å². The fraction of sp³-hybridized carbons (Fsp3) is 0.343. The normalized spacial score (nSPS) is 13.7. The first-order chi connectivity index (χ1) is 19.7. The third-order valence-electron chi connectivity index (χ3n) is 7.41. The lowest BCUT2D eigenvalue weighted by Gasteiger charge is -2.30. The molecule has 6 nitrogen and oxygen atoms in total. The number of benzene rings is 3. The van der Waals surface area contributed by atoms with Gasteiger partial charge in [-0.25, -0.2) is 4.79 Å². The van der Waals surface area contributed by atoms with Crippen LogP contribution < -0.4 is 9.80 Å². The molecule has 212 valence electrons. The molecule has 4 rings (SSSR count). The third kappa shape index (κ3) is 7.85. The Bertz CT molecular complexity index is 1430. The molecule has 0 aliphatic heterocycles. The van der Waals surface area contributed by atoms with Crippen molar-refractivity contribution in [1.82, 2.24) is 0 Å². The molecular weight excluding hydrogens is 510 g/mol. The van der Waals surface area contributed by atoms with E-state index in [9.17, 15) is 14.9 Å². The molecule has 1 amide bonds. The zero-order chi connectivity index (χ0) is 29.4. The molecule has 1 aliphatic carbocycles. The monoisotopic (exact) mass is 549 g/mol. The van der Waals surface area contributed by atoms with Crippen LogP contribution in [0.5, 0.6) is 0 Å². The molecule has 1 aliphatic rings. The minimum atomic E-state index is -0.402. The van der Waals surface area contributed by atoms with Gasteiger partial charge in [0, 0.05) is 37.5 Å². The zero-order valence-electron chi connectivity index (χ0n) is 24.5. The molecule has 3 aromatic carbocycles. The van der Waals surface area contributed by atoms with Crippen LogP contribution in [0.1, 0.15) is 62.6 Å². The average molecular weight is 550 g/mol. The van der Waals surface area contributed by atoms with Gasteiger partial charge < -0.3 is 14.5 Å². The standard InChI is InChI=1S/C35H39N3O3/c1-25(2)41-34(39)20-14-26-9-8-12-32(22-26)38(35(40)29-10-6-5-7-11-29)24-27-13-19-33(30(21-27)23-36)28-15-17-31(18-16-28)37(3)4/h8-9,12-22,25,29H,5-7,10-11,24H2,1-4H3/b20-14+. The maximum Gasteiger partial charge on any atom is 0.331 e. The Labute approximate surface area is 243 Å². The molecule has 0 atom stereocenters. The van der Waals surface area contributed by atoms with Crippen LogP contribution >= 0.6 is 0 Å². The Balaban J connectivity index is 1.64. The molecule has 0 N–H and O–H groups in total. The fourth-order valence-corrected chi connectivity index (χ4v) is 5.25. The second-order valence-electron chi connectivity index (χ2n) is 11.1. The number of ether oxygens (including phenoxy) is 1. The molecule has 0 heterocycles. The lowest BCUT2D eigenvalue weighted by molar-refractivity contribution is -0.141. The number of rotatable bonds is 9. The Hall–Kier alpha value is -4.37.